The van der Waals surface area contributed by atoms with E-state index in [4.69, 9.17) is 4.99 Å². The van der Waals surface area contributed by atoms with E-state index in [1.165, 1.54) is 55.3 Å². The highest BCUT2D eigenvalue weighted by Gasteiger charge is 2.45. The third kappa shape index (κ3) is 4.04. The lowest BCUT2D eigenvalue weighted by Gasteiger charge is -2.36. The van der Waals surface area contributed by atoms with Gasteiger partial charge in [0.15, 0.2) is 0 Å². The van der Waals surface area contributed by atoms with Crippen molar-refractivity contribution in [2.75, 3.05) is 0 Å². The second-order valence-electron chi connectivity index (χ2n) is 14.5. The molecular formula is C43H39N3. The largest absolute Gasteiger partial charge is 0.350 e. The number of hydrogen-bond donors (Lipinski definition) is 2. The van der Waals surface area contributed by atoms with Crippen LogP contribution in [0.2, 0.25) is 0 Å². The number of nitrogens with one attached hydrogen (secondary N) is 2. The molecule has 4 aliphatic rings. The molecule has 5 aromatic rings. The van der Waals surface area contributed by atoms with Gasteiger partial charge in [0.2, 0.25) is 0 Å². The van der Waals surface area contributed by atoms with Crippen LogP contribution in [0.5, 0.6) is 0 Å². The lowest BCUT2D eigenvalue weighted by atomic mass is 9.73. The van der Waals surface area contributed by atoms with Gasteiger partial charge in [-0.05, 0) is 72.7 Å². The van der Waals surface area contributed by atoms with E-state index in [2.05, 4.69) is 166 Å². The molecule has 1 aliphatic heterocycles. The highest BCUT2D eigenvalue weighted by atomic mass is 15.3. The maximum atomic E-state index is 5.37. The maximum absolute atomic E-state index is 5.37. The summed E-state index contributed by atoms with van der Waals surface area (Å²) in [6.07, 6.45) is 7.02. The molecule has 226 valence electrons. The van der Waals surface area contributed by atoms with Crippen molar-refractivity contribution in [1.82, 2.24) is 10.6 Å². The molecule has 0 spiro atoms. The number of amidine groups is 1. The van der Waals surface area contributed by atoms with E-state index in [-0.39, 0.29) is 23.2 Å². The van der Waals surface area contributed by atoms with E-state index in [1.54, 1.807) is 0 Å². The van der Waals surface area contributed by atoms with Crippen LogP contribution in [0.3, 0.4) is 0 Å². The van der Waals surface area contributed by atoms with E-state index in [9.17, 15) is 0 Å². The molecule has 4 atom stereocenters. The minimum absolute atomic E-state index is 0.0567. The highest BCUT2D eigenvalue weighted by molar-refractivity contribution is 6.03. The highest BCUT2D eigenvalue weighted by Crippen LogP contribution is 2.54. The van der Waals surface area contributed by atoms with Gasteiger partial charge in [0, 0.05) is 16.9 Å². The molecule has 0 saturated heterocycles. The van der Waals surface area contributed by atoms with Crippen LogP contribution in [0.25, 0.3) is 21.9 Å². The Balaban J connectivity index is 1.13. The fraction of sp³-hybridized carbons (Fsp3) is 0.233. The fourth-order valence-electron chi connectivity index (χ4n) is 8.68. The molecule has 9 rings (SSSR count). The Morgan fingerprint density at radius 3 is 2.28 bits per heavy atom. The topological polar surface area (TPSA) is 36.4 Å². The van der Waals surface area contributed by atoms with Gasteiger partial charge >= 0.3 is 0 Å². The summed E-state index contributed by atoms with van der Waals surface area (Å²) in [6.45, 7) is 9.50. The minimum Gasteiger partial charge on any atom is -0.350 e. The minimum atomic E-state index is -0.196. The van der Waals surface area contributed by atoms with Crippen molar-refractivity contribution in [1.29, 1.82) is 0 Å². The van der Waals surface area contributed by atoms with E-state index in [1.807, 2.05) is 0 Å². The molecule has 4 unspecified atom stereocenters. The van der Waals surface area contributed by atoms with Crippen LogP contribution >= 0.6 is 0 Å². The first-order valence-corrected chi connectivity index (χ1v) is 16.6. The quantitative estimate of drug-likeness (QED) is 0.217. The molecule has 1 heterocycles. The van der Waals surface area contributed by atoms with Gasteiger partial charge in [0.25, 0.3) is 0 Å². The first kappa shape index (κ1) is 27.6. The normalized spacial score (nSPS) is 24.7. The average Bonchev–Trinajstić information content (AvgIpc) is 3.47. The van der Waals surface area contributed by atoms with Crippen LogP contribution in [0.1, 0.15) is 73.2 Å². The Kier molecular flexibility index (Phi) is 5.92. The van der Waals surface area contributed by atoms with Crippen molar-refractivity contribution in [3.05, 3.63) is 166 Å². The van der Waals surface area contributed by atoms with Crippen LogP contribution in [-0.2, 0) is 10.8 Å². The molecule has 3 heteroatoms. The molecule has 2 N–H and O–H groups in total. The Labute approximate surface area is 271 Å². The van der Waals surface area contributed by atoms with Gasteiger partial charge in [0.1, 0.15) is 18.2 Å². The van der Waals surface area contributed by atoms with Crippen LogP contribution in [0.4, 0.5) is 0 Å². The van der Waals surface area contributed by atoms with Crippen molar-refractivity contribution in [3.8, 4) is 11.1 Å². The number of rotatable bonds is 3. The SMILES string of the molecule is CC1(C)c2ccccc2-c2ccc(C3N=C(c4ccc5ccccc5c4)NC(C4=CC5C(C=C4)c4ccccc4C5(C)C)N3)cc21. The molecule has 0 radical (unpaired) electrons. The zero-order valence-electron chi connectivity index (χ0n) is 26.9. The molecule has 0 amide bonds. The Morgan fingerprint density at radius 1 is 0.674 bits per heavy atom. The van der Waals surface area contributed by atoms with Gasteiger partial charge in [-0.25, -0.2) is 4.99 Å². The number of fused-ring (bicyclic) bond motifs is 7. The van der Waals surface area contributed by atoms with Crippen LogP contribution < -0.4 is 10.6 Å². The molecule has 5 aromatic carbocycles. The Morgan fingerprint density at radius 2 is 1.41 bits per heavy atom. The van der Waals surface area contributed by atoms with Gasteiger partial charge in [-0.3, -0.25) is 5.32 Å². The molecule has 0 aromatic heterocycles. The summed E-state index contributed by atoms with van der Waals surface area (Å²) in [7, 11) is 0. The van der Waals surface area contributed by atoms with Gasteiger partial charge in [-0.1, -0.05) is 149 Å². The summed E-state index contributed by atoms with van der Waals surface area (Å²) in [4.78, 5) is 5.37. The van der Waals surface area contributed by atoms with E-state index < -0.39 is 0 Å². The van der Waals surface area contributed by atoms with Crippen molar-refractivity contribution < 1.29 is 0 Å². The molecule has 3 aliphatic carbocycles. The Bertz CT molecular complexity index is 2150. The number of benzene rings is 5. The second kappa shape index (κ2) is 9.88. The van der Waals surface area contributed by atoms with Crippen LogP contribution in [-0.4, -0.2) is 12.0 Å². The van der Waals surface area contributed by atoms with Crippen molar-refractivity contribution in [2.24, 2.45) is 10.9 Å². The first-order chi connectivity index (χ1) is 22.3. The lowest BCUT2D eigenvalue weighted by Crippen LogP contribution is -2.52. The number of allylic oxidation sites excluding steroid dienone is 2. The average molecular weight is 598 g/mol. The number of hydrogen-bond acceptors (Lipinski definition) is 3. The van der Waals surface area contributed by atoms with Crippen molar-refractivity contribution in [2.45, 2.75) is 56.8 Å². The maximum Gasteiger partial charge on any atom is 0.131 e. The van der Waals surface area contributed by atoms with E-state index in [0.29, 0.717) is 11.8 Å². The van der Waals surface area contributed by atoms with Gasteiger partial charge < -0.3 is 5.32 Å². The van der Waals surface area contributed by atoms with Crippen LogP contribution in [0, 0.1) is 5.92 Å². The summed E-state index contributed by atoms with van der Waals surface area (Å²) in [5.74, 6) is 1.73. The standard InChI is InChI=1S/C43H39N3/c1-42(2)35-15-9-7-13-31(35)33-21-19-29(24-37(33)42)40-44-39(28-18-17-26-11-5-6-12-27(26)23-28)45-41(46-40)30-20-22-34-32-14-8-10-16-36(32)43(3,4)38(34)25-30/h5-25,33,37,40-41,46H,1-4H3,(H,44,45). The van der Waals surface area contributed by atoms with E-state index >= 15 is 0 Å². The number of nitrogens with zero attached hydrogens (tertiary/aromatic N) is 1. The van der Waals surface area contributed by atoms with Gasteiger partial charge in [0.05, 0.1) is 0 Å². The monoisotopic (exact) mass is 597 g/mol. The lowest BCUT2D eigenvalue weighted by molar-refractivity contribution is 0.382. The van der Waals surface area contributed by atoms with E-state index in [0.717, 1.165) is 11.4 Å². The third-order valence-corrected chi connectivity index (χ3v) is 11.2. The summed E-state index contributed by atoms with van der Waals surface area (Å²) in [5.41, 5.74) is 11.9. The summed E-state index contributed by atoms with van der Waals surface area (Å²) < 4.78 is 0. The zero-order chi connectivity index (χ0) is 31.2. The summed E-state index contributed by atoms with van der Waals surface area (Å²) in [5, 5.41) is 10.2. The molecule has 46 heavy (non-hydrogen) atoms. The van der Waals surface area contributed by atoms with Gasteiger partial charge in [-0.2, -0.15) is 0 Å². The van der Waals surface area contributed by atoms with Crippen molar-refractivity contribution >= 4 is 16.6 Å². The van der Waals surface area contributed by atoms with Crippen molar-refractivity contribution in [3.63, 3.8) is 0 Å². The molecule has 0 fully saturated rings. The predicted molar refractivity (Wildman–Crippen MR) is 190 cm³/mol. The molecule has 3 nitrogen and oxygen atoms in total. The number of aliphatic imine (C=N–C) groups is 1. The zero-order valence-corrected chi connectivity index (χ0v) is 26.9. The first-order valence-electron chi connectivity index (χ1n) is 16.6. The molecular weight excluding hydrogens is 558 g/mol. The second-order valence-corrected chi connectivity index (χ2v) is 14.5. The Hall–Kier alpha value is -4.73. The molecule has 0 saturated carbocycles. The fourth-order valence-corrected chi connectivity index (χ4v) is 8.68. The predicted octanol–water partition coefficient (Wildman–Crippen LogP) is 9.30. The smallest absolute Gasteiger partial charge is 0.131 e. The summed E-state index contributed by atoms with van der Waals surface area (Å²) in [6, 6.07) is 40.1. The van der Waals surface area contributed by atoms with Gasteiger partial charge in [-0.15, -0.1) is 0 Å². The van der Waals surface area contributed by atoms with Crippen LogP contribution in [0.15, 0.2) is 138 Å². The third-order valence-electron chi connectivity index (χ3n) is 11.2. The summed E-state index contributed by atoms with van der Waals surface area (Å²) >= 11 is 0. The molecule has 0 bridgehead atoms.